The predicted octanol–water partition coefficient (Wildman–Crippen LogP) is 6.11. The van der Waals surface area contributed by atoms with Gasteiger partial charge >= 0.3 is 0 Å². The maximum atomic E-state index is 4.75. The number of pyridine rings is 1. The van der Waals surface area contributed by atoms with Crippen molar-refractivity contribution in [2.45, 2.75) is 0 Å². The van der Waals surface area contributed by atoms with E-state index in [1.807, 2.05) is 73.0 Å². The summed E-state index contributed by atoms with van der Waals surface area (Å²) in [6.07, 6.45) is 3.68. The topological polar surface area (TPSA) is 37.6 Å². The highest BCUT2D eigenvalue weighted by molar-refractivity contribution is 5.95. The molecule has 4 aromatic rings. The molecule has 3 nitrogen and oxygen atoms in total. The first-order valence-electron chi connectivity index (χ1n) is 8.33. The molecule has 0 bridgehead atoms. The quantitative estimate of drug-likeness (QED) is 0.327. The Kier molecular flexibility index (Phi) is 4.12. The highest BCUT2D eigenvalue weighted by Crippen LogP contribution is 2.26. The molecule has 0 aliphatic heterocycles. The normalized spacial score (nSPS) is 11.2. The Morgan fingerprint density at radius 2 is 1.46 bits per heavy atom. The van der Waals surface area contributed by atoms with E-state index in [2.05, 4.69) is 29.3 Å². The van der Waals surface area contributed by atoms with Crippen molar-refractivity contribution in [2.24, 2.45) is 9.98 Å². The summed E-state index contributed by atoms with van der Waals surface area (Å²) in [4.78, 5) is 13.3. The summed E-state index contributed by atoms with van der Waals surface area (Å²) >= 11 is 0. The number of hydrogen-bond donors (Lipinski definition) is 0. The van der Waals surface area contributed by atoms with Gasteiger partial charge in [-0.05, 0) is 54.2 Å². The molecule has 1 aromatic heterocycles. The molecule has 0 saturated heterocycles. The van der Waals surface area contributed by atoms with Crippen LogP contribution in [0.15, 0.2) is 83.3 Å². The number of benzene rings is 3. The highest BCUT2D eigenvalue weighted by Gasteiger charge is 2.02. The minimum atomic E-state index is 0.820. The Morgan fingerprint density at radius 3 is 2.19 bits per heavy atom. The molecule has 0 radical (unpaired) electrons. The van der Waals surface area contributed by atoms with Gasteiger partial charge in [-0.15, -0.1) is 0 Å². The van der Waals surface area contributed by atoms with Crippen LogP contribution in [0.3, 0.4) is 0 Å². The monoisotopic (exact) mass is 335 g/mol. The first-order chi connectivity index (χ1) is 12.7. The summed E-state index contributed by atoms with van der Waals surface area (Å²) in [6.45, 7) is 7.37. The summed E-state index contributed by atoms with van der Waals surface area (Å²) in [5.74, 6) is 0. The van der Waals surface area contributed by atoms with Crippen LogP contribution in [0, 0.1) is 0 Å². The Hall–Kier alpha value is -3.59. The van der Waals surface area contributed by atoms with Crippen molar-refractivity contribution < 1.29 is 0 Å². The molecule has 0 atom stereocenters. The number of hydrogen-bond acceptors (Lipinski definition) is 3. The molecule has 1 heterocycles. The third-order valence-electron chi connectivity index (χ3n) is 4.27. The van der Waals surface area contributed by atoms with Gasteiger partial charge in [-0.3, -0.25) is 9.98 Å². The summed E-state index contributed by atoms with van der Waals surface area (Å²) in [5.41, 5.74) is 5.62. The van der Waals surface area contributed by atoms with Crippen LogP contribution in [0.2, 0.25) is 0 Å². The molecule has 124 valence electrons. The van der Waals surface area contributed by atoms with Crippen LogP contribution in [-0.4, -0.2) is 17.9 Å². The van der Waals surface area contributed by atoms with Gasteiger partial charge in [-0.1, -0.05) is 43.0 Å². The highest BCUT2D eigenvalue weighted by atomic mass is 14.7. The fourth-order valence-corrected chi connectivity index (χ4v) is 2.89. The van der Waals surface area contributed by atoms with Crippen molar-refractivity contribution in [3.8, 4) is 0 Å². The number of aliphatic imine (C=N–C) groups is 2. The van der Waals surface area contributed by atoms with Gasteiger partial charge in [0, 0.05) is 17.0 Å². The zero-order valence-corrected chi connectivity index (χ0v) is 14.3. The molecule has 3 heteroatoms. The maximum Gasteiger partial charge on any atom is 0.0731 e. The average molecular weight is 335 g/mol. The largest absolute Gasteiger partial charge is 0.265 e. The van der Waals surface area contributed by atoms with E-state index >= 15 is 0 Å². The Bertz CT molecular complexity index is 1170. The van der Waals surface area contributed by atoms with Crippen molar-refractivity contribution >= 4 is 52.2 Å². The zero-order chi connectivity index (χ0) is 17.9. The van der Waals surface area contributed by atoms with Crippen LogP contribution in [0.5, 0.6) is 0 Å². The van der Waals surface area contributed by atoms with E-state index in [4.69, 9.17) is 4.98 Å². The molecule has 3 aromatic carbocycles. The second-order valence-electron chi connectivity index (χ2n) is 6.03. The van der Waals surface area contributed by atoms with Crippen molar-refractivity contribution in [1.82, 2.24) is 4.98 Å². The molecule has 26 heavy (non-hydrogen) atoms. The lowest BCUT2D eigenvalue weighted by Gasteiger charge is -2.04. The van der Waals surface area contributed by atoms with Crippen LogP contribution in [0.1, 0.15) is 11.1 Å². The maximum absolute atomic E-state index is 4.75. The van der Waals surface area contributed by atoms with Crippen LogP contribution >= 0.6 is 0 Å². The molecule has 0 fully saturated rings. The van der Waals surface area contributed by atoms with Crippen LogP contribution in [0.4, 0.5) is 11.4 Å². The van der Waals surface area contributed by atoms with Gasteiger partial charge < -0.3 is 0 Å². The first kappa shape index (κ1) is 15.9. The van der Waals surface area contributed by atoms with Crippen LogP contribution in [0.25, 0.3) is 27.9 Å². The van der Waals surface area contributed by atoms with E-state index in [9.17, 15) is 0 Å². The Balaban J connectivity index is 1.73. The van der Waals surface area contributed by atoms with E-state index in [0.717, 1.165) is 44.3 Å². The number of aromatic nitrogens is 1. The fraction of sp³-hybridized carbons (Fsp3) is 0. The van der Waals surface area contributed by atoms with E-state index in [1.165, 1.54) is 0 Å². The Labute approximate surface area is 152 Å². The molecule has 0 amide bonds. The number of nitrogens with zero attached hydrogens (tertiary/aromatic N) is 3. The molecule has 0 spiro atoms. The fourth-order valence-electron chi connectivity index (χ4n) is 2.89. The lowest BCUT2D eigenvalue weighted by Crippen LogP contribution is -1.84. The Morgan fingerprint density at radius 1 is 0.769 bits per heavy atom. The summed E-state index contributed by atoms with van der Waals surface area (Å²) < 4.78 is 0. The number of fused-ring (bicyclic) bond motifs is 2. The van der Waals surface area contributed by atoms with Gasteiger partial charge in [-0.25, -0.2) is 4.98 Å². The standard InChI is InChI=1S/C23H17N3/c1-3-16-5-4-6-17(11-16)15-25-21-10-8-19-12-18-7-9-20(24-2)13-22(18)26-23(19)14-21/h3-15H,1-2H2. The van der Waals surface area contributed by atoms with Gasteiger partial charge in [-0.2, -0.15) is 0 Å². The molecular weight excluding hydrogens is 318 g/mol. The summed E-state index contributed by atoms with van der Waals surface area (Å²) in [7, 11) is 0. The van der Waals surface area contributed by atoms with E-state index in [0.29, 0.717) is 0 Å². The lowest BCUT2D eigenvalue weighted by atomic mass is 10.1. The van der Waals surface area contributed by atoms with Crippen molar-refractivity contribution in [3.05, 3.63) is 84.4 Å². The van der Waals surface area contributed by atoms with Gasteiger partial charge in [0.05, 0.1) is 22.4 Å². The zero-order valence-electron chi connectivity index (χ0n) is 14.3. The van der Waals surface area contributed by atoms with E-state index in [1.54, 1.807) is 0 Å². The molecule has 4 rings (SSSR count). The third kappa shape index (κ3) is 3.15. The van der Waals surface area contributed by atoms with Gasteiger partial charge in [0.15, 0.2) is 0 Å². The molecule has 0 aliphatic carbocycles. The first-order valence-corrected chi connectivity index (χ1v) is 8.33. The van der Waals surface area contributed by atoms with Crippen LogP contribution < -0.4 is 0 Å². The van der Waals surface area contributed by atoms with Gasteiger partial charge in [0.1, 0.15) is 0 Å². The van der Waals surface area contributed by atoms with Crippen LogP contribution in [-0.2, 0) is 0 Å². The predicted molar refractivity (Wildman–Crippen MR) is 112 cm³/mol. The van der Waals surface area contributed by atoms with E-state index < -0.39 is 0 Å². The van der Waals surface area contributed by atoms with Gasteiger partial charge in [0.25, 0.3) is 0 Å². The van der Waals surface area contributed by atoms with Crippen molar-refractivity contribution in [1.29, 1.82) is 0 Å². The van der Waals surface area contributed by atoms with E-state index in [-0.39, 0.29) is 0 Å². The SMILES string of the molecule is C=Cc1cccc(C=Nc2ccc3cc4ccc(N=C)cc4nc3c2)c1. The molecule has 0 N–H and O–H groups in total. The minimum Gasteiger partial charge on any atom is -0.265 e. The number of rotatable bonds is 4. The van der Waals surface area contributed by atoms with Crippen molar-refractivity contribution in [2.75, 3.05) is 0 Å². The molecule has 0 saturated carbocycles. The molecule has 0 aliphatic rings. The second kappa shape index (κ2) is 6.73. The average Bonchev–Trinajstić information content (AvgIpc) is 2.70. The molecular formula is C23H17N3. The van der Waals surface area contributed by atoms with Gasteiger partial charge in [0.2, 0.25) is 0 Å². The third-order valence-corrected chi connectivity index (χ3v) is 4.27. The molecule has 0 unspecified atom stereocenters. The minimum absolute atomic E-state index is 0.820. The smallest absolute Gasteiger partial charge is 0.0731 e. The summed E-state index contributed by atoms with van der Waals surface area (Å²) in [6, 6.07) is 22.2. The second-order valence-corrected chi connectivity index (χ2v) is 6.03. The summed E-state index contributed by atoms with van der Waals surface area (Å²) in [5, 5.41) is 2.17. The van der Waals surface area contributed by atoms with Crippen molar-refractivity contribution in [3.63, 3.8) is 0 Å². The lowest BCUT2D eigenvalue weighted by molar-refractivity contribution is 1.46.